The molecule has 2 aromatic rings. The number of hydrogen-bond donors (Lipinski definition) is 1. The Balaban J connectivity index is 1.48. The van der Waals surface area contributed by atoms with Gasteiger partial charge in [0.2, 0.25) is 5.88 Å². The minimum absolute atomic E-state index is 0.0504. The molecule has 29 heavy (non-hydrogen) atoms. The maximum absolute atomic E-state index is 12.4. The summed E-state index contributed by atoms with van der Waals surface area (Å²) >= 11 is 0. The molecule has 1 aliphatic heterocycles. The molecule has 0 saturated carbocycles. The van der Waals surface area contributed by atoms with E-state index in [1.54, 1.807) is 11.1 Å². The minimum atomic E-state index is -0.305. The zero-order chi connectivity index (χ0) is 20.5. The lowest BCUT2D eigenvalue weighted by molar-refractivity contribution is -0.0420. The quantitative estimate of drug-likeness (QED) is 0.736. The van der Waals surface area contributed by atoms with E-state index in [9.17, 15) is 4.79 Å². The second-order valence-corrected chi connectivity index (χ2v) is 6.97. The molecule has 1 N–H and O–H groups in total. The van der Waals surface area contributed by atoms with Gasteiger partial charge in [-0.25, -0.2) is 9.78 Å². The Morgan fingerprint density at radius 2 is 2.14 bits per heavy atom. The summed E-state index contributed by atoms with van der Waals surface area (Å²) < 4.78 is 16.9. The van der Waals surface area contributed by atoms with Crippen LogP contribution in [-0.2, 0) is 22.6 Å². The smallest absolute Gasteiger partial charge is 0.410 e. The summed E-state index contributed by atoms with van der Waals surface area (Å²) in [6.45, 7) is 6.98. The normalized spacial score (nSPS) is 17.6. The third kappa shape index (κ3) is 6.17. The minimum Gasteiger partial charge on any atom is -0.478 e. The molecule has 1 saturated heterocycles. The molecule has 1 aromatic carbocycles. The fourth-order valence-corrected chi connectivity index (χ4v) is 3.18. The number of ether oxygens (including phenoxy) is 3. The number of carbonyl (C=O) groups is 1. The zero-order valence-corrected chi connectivity index (χ0v) is 17.0. The fraction of sp³-hybridized carbons (Fsp3) is 0.455. The van der Waals surface area contributed by atoms with Gasteiger partial charge in [-0.2, -0.15) is 0 Å². The molecule has 3 rings (SSSR count). The van der Waals surface area contributed by atoms with Crippen LogP contribution in [0, 0.1) is 0 Å². The number of nitrogens with zero attached hydrogens (tertiary/aromatic N) is 2. The molecule has 0 radical (unpaired) electrons. The van der Waals surface area contributed by atoms with Crippen molar-refractivity contribution in [1.82, 2.24) is 15.2 Å². The highest BCUT2D eigenvalue weighted by atomic mass is 16.6. The lowest BCUT2D eigenvalue weighted by Crippen LogP contribution is -2.52. The Bertz CT molecular complexity index is 772. The van der Waals surface area contributed by atoms with Gasteiger partial charge in [-0.15, -0.1) is 0 Å². The molecule has 0 spiro atoms. The van der Waals surface area contributed by atoms with Gasteiger partial charge < -0.3 is 24.4 Å². The van der Waals surface area contributed by atoms with E-state index in [-0.39, 0.29) is 24.8 Å². The van der Waals surface area contributed by atoms with Crippen molar-refractivity contribution in [3.63, 3.8) is 0 Å². The fourth-order valence-electron chi connectivity index (χ4n) is 3.18. The number of hydrogen-bond acceptors (Lipinski definition) is 6. The van der Waals surface area contributed by atoms with Gasteiger partial charge in [0.05, 0.1) is 25.9 Å². The Hall–Kier alpha value is -2.64. The molecule has 2 atom stereocenters. The first-order valence-corrected chi connectivity index (χ1v) is 10.0. The predicted octanol–water partition coefficient (Wildman–Crippen LogP) is 3.00. The first-order chi connectivity index (χ1) is 14.2. The van der Waals surface area contributed by atoms with Crippen LogP contribution in [0.15, 0.2) is 48.7 Å². The van der Waals surface area contributed by atoms with Gasteiger partial charge in [0.15, 0.2) is 0 Å². The number of aromatic nitrogens is 1. The van der Waals surface area contributed by atoms with Gasteiger partial charge in [-0.05, 0) is 25.5 Å². The van der Waals surface area contributed by atoms with E-state index in [0.717, 1.165) is 11.1 Å². The molecule has 1 aromatic heterocycles. The maximum atomic E-state index is 12.4. The number of benzene rings is 1. The van der Waals surface area contributed by atoms with Gasteiger partial charge in [0, 0.05) is 30.9 Å². The number of morpholine rings is 1. The standard InChI is InChI=1S/C22H29N3O4/c1-3-27-21-19(10-7-11-23-21)14-24-17(2)20-15-25(12-13-28-20)22(26)29-16-18-8-5-4-6-9-18/h4-11,17,20,24H,3,12-16H2,1-2H3/t17-,20+/m1/s1. The van der Waals surface area contributed by atoms with Gasteiger partial charge >= 0.3 is 6.09 Å². The van der Waals surface area contributed by atoms with Gasteiger partial charge in [-0.1, -0.05) is 36.4 Å². The lowest BCUT2D eigenvalue weighted by atomic mass is 10.1. The summed E-state index contributed by atoms with van der Waals surface area (Å²) in [7, 11) is 0. The number of nitrogens with one attached hydrogen (secondary N) is 1. The topological polar surface area (TPSA) is 72.9 Å². The van der Waals surface area contributed by atoms with Crippen molar-refractivity contribution in [2.45, 2.75) is 39.1 Å². The van der Waals surface area contributed by atoms with E-state index in [4.69, 9.17) is 14.2 Å². The van der Waals surface area contributed by atoms with Crippen LogP contribution in [0.25, 0.3) is 0 Å². The molecule has 7 heteroatoms. The lowest BCUT2D eigenvalue weighted by Gasteiger charge is -2.35. The summed E-state index contributed by atoms with van der Waals surface area (Å²) in [5, 5.41) is 3.46. The summed E-state index contributed by atoms with van der Waals surface area (Å²) in [4.78, 5) is 18.4. The van der Waals surface area contributed by atoms with Crippen molar-refractivity contribution < 1.29 is 19.0 Å². The van der Waals surface area contributed by atoms with Crippen LogP contribution in [0.2, 0.25) is 0 Å². The van der Waals surface area contributed by atoms with Crippen LogP contribution in [0.1, 0.15) is 25.0 Å². The van der Waals surface area contributed by atoms with Crippen molar-refractivity contribution >= 4 is 6.09 Å². The number of carbonyl (C=O) groups excluding carboxylic acids is 1. The largest absolute Gasteiger partial charge is 0.478 e. The first kappa shape index (κ1) is 21.1. The summed E-state index contributed by atoms with van der Waals surface area (Å²) in [6.07, 6.45) is 1.31. The Morgan fingerprint density at radius 3 is 2.93 bits per heavy atom. The highest BCUT2D eigenvalue weighted by Gasteiger charge is 2.29. The first-order valence-electron chi connectivity index (χ1n) is 10.0. The maximum Gasteiger partial charge on any atom is 0.410 e. The molecular weight excluding hydrogens is 370 g/mol. The van der Waals surface area contributed by atoms with Crippen molar-refractivity contribution in [3.05, 3.63) is 59.8 Å². The van der Waals surface area contributed by atoms with Gasteiger partial charge in [0.1, 0.15) is 6.61 Å². The third-order valence-electron chi connectivity index (χ3n) is 4.86. The Kier molecular flexibility index (Phi) is 7.84. The van der Waals surface area contributed by atoms with Crippen LogP contribution >= 0.6 is 0 Å². The van der Waals surface area contributed by atoms with Crippen LogP contribution in [0.3, 0.4) is 0 Å². The molecule has 0 bridgehead atoms. The van der Waals surface area contributed by atoms with E-state index in [1.807, 2.05) is 49.4 Å². The number of rotatable bonds is 8. The average molecular weight is 399 g/mol. The molecule has 1 aliphatic rings. The van der Waals surface area contributed by atoms with Crippen LogP contribution < -0.4 is 10.1 Å². The van der Waals surface area contributed by atoms with E-state index in [2.05, 4.69) is 17.2 Å². The van der Waals surface area contributed by atoms with Crippen molar-refractivity contribution in [1.29, 1.82) is 0 Å². The van der Waals surface area contributed by atoms with E-state index >= 15 is 0 Å². The highest BCUT2D eigenvalue weighted by molar-refractivity contribution is 5.67. The third-order valence-corrected chi connectivity index (χ3v) is 4.86. The predicted molar refractivity (Wildman–Crippen MR) is 110 cm³/mol. The second kappa shape index (κ2) is 10.8. The monoisotopic (exact) mass is 399 g/mol. The molecule has 2 heterocycles. The van der Waals surface area contributed by atoms with E-state index in [0.29, 0.717) is 38.7 Å². The van der Waals surface area contributed by atoms with E-state index < -0.39 is 0 Å². The Labute approximate surface area is 172 Å². The van der Waals surface area contributed by atoms with Gasteiger partial charge in [-0.3, -0.25) is 0 Å². The van der Waals surface area contributed by atoms with Crippen LogP contribution in [0.5, 0.6) is 5.88 Å². The second-order valence-electron chi connectivity index (χ2n) is 6.97. The molecule has 1 fully saturated rings. The van der Waals surface area contributed by atoms with Crippen molar-refractivity contribution in [3.8, 4) is 5.88 Å². The van der Waals surface area contributed by atoms with E-state index in [1.165, 1.54) is 0 Å². The SMILES string of the molecule is CCOc1ncccc1CN[C@H](C)[C@@H]1CN(C(=O)OCc2ccccc2)CCO1. The Morgan fingerprint density at radius 1 is 1.31 bits per heavy atom. The molecule has 0 unspecified atom stereocenters. The average Bonchev–Trinajstić information content (AvgIpc) is 2.77. The number of amides is 1. The molecule has 1 amide bonds. The molecule has 0 aliphatic carbocycles. The zero-order valence-electron chi connectivity index (χ0n) is 17.0. The number of pyridine rings is 1. The van der Waals surface area contributed by atoms with Crippen LogP contribution in [0.4, 0.5) is 4.79 Å². The highest BCUT2D eigenvalue weighted by Crippen LogP contribution is 2.16. The van der Waals surface area contributed by atoms with Gasteiger partial charge in [0.25, 0.3) is 0 Å². The van der Waals surface area contributed by atoms with Crippen LogP contribution in [-0.4, -0.2) is 54.4 Å². The molecule has 7 nitrogen and oxygen atoms in total. The van der Waals surface area contributed by atoms with Crippen molar-refractivity contribution in [2.75, 3.05) is 26.3 Å². The molecular formula is C22H29N3O4. The summed E-state index contributed by atoms with van der Waals surface area (Å²) in [5.74, 6) is 0.644. The summed E-state index contributed by atoms with van der Waals surface area (Å²) in [6, 6.07) is 13.6. The molecule has 156 valence electrons. The van der Waals surface area contributed by atoms with Crippen molar-refractivity contribution in [2.24, 2.45) is 0 Å². The summed E-state index contributed by atoms with van der Waals surface area (Å²) in [5.41, 5.74) is 1.97.